The van der Waals surface area contributed by atoms with Crippen molar-refractivity contribution in [2.24, 2.45) is 11.8 Å². The molecule has 2 amide bonds. The Morgan fingerprint density at radius 3 is 2.47 bits per heavy atom. The Hall–Kier alpha value is -1.84. The van der Waals surface area contributed by atoms with Crippen LogP contribution in [0.1, 0.15) is 31.1 Å². The summed E-state index contributed by atoms with van der Waals surface area (Å²) in [5, 5.41) is 2.89. The maximum absolute atomic E-state index is 12.7. The Morgan fingerprint density at radius 2 is 1.74 bits per heavy atom. The quantitative estimate of drug-likeness (QED) is 0.775. The van der Waals surface area contributed by atoms with Crippen LogP contribution in [-0.4, -0.2) is 28.8 Å². The number of carbonyl (C=O) groups is 2. The molecule has 0 spiro atoms. The fourth-order valence-electron chi connectivity index (χ4n) is 3.29. The standard InChI is InChI=1S/C15H18N2O2/c1-8-9(2)13-14(18)16-12-7-5-4-6-11(12)15(19)17(13)10(8)3/h4-10,13H,1-3H3,(H,16,18)/t8?,9?,10?,13-/m0/s1. The normalized spacial score (nSPS) is 33.5. The Bertz CT molecular complexity index is 555. The third kappa shape index (κ3) is 1.59. The van der Waals surface area contributed by atoms with Gasteiger partial charge in [-0.3, -0.25) is 9.59 Å². The van der Waals surface area contributed by atoms with Crippen LogP contribution in [0.25, 0.3) is 0 Å². The highest BCUT2D eigenvalue weighted by Gasteiger charge is 2.49. The summed E-state index contributed by atoms with van der Waals surface area (Å²) in [4.78, 5) is 26.9. The van der Waals surface area contributed by atoms with Gasteiger partial charge in [0, 0.05) is 6.04 Å². The highest BCUT2D eigenvalue weighted by atomic mass is 16.2. The summed E-state index contributed by atoms with van der Waals surface area (Å²) in [6.45, 7) is 6.19. The molecule has 4 nitrogen and oxygen atoms in total. The van der Waals surface area contributed by atoms with Crippen molar-refractivity contribution in [3.05, 3.63) is 29.8 Å². The van der Waals surface area contributed by atoms with Crippen molar-refractivity contribution in [2.45, 2.75) is 32.9 Å². The van der Waals surface area contributed by atoms with Crippen molar-refractivity contribution in [3.8, 4) is 0 Å². The Kier molecular flexibility index (Phi) is 2.62. The van der Waals surface area contributed by atoms with Gasteiger partial charge in [-0.2, -0.15) is 0 Å². The van der Waals surface area contributed by atoms with Crippen molar-refractivity contribution in [1.82, 2.24) is 4.90 Å². The zero-order chi connectivity index (χ0) is 13.7. The van der Waals surface area contributed by atoms with E-state index in [1.54, 1.807) is 17.0 Å². The zero-order valence-electron chi connectivity index (χ0n) is 11.4. The Morgan fingerprint density at radius 1 is 1.05 bits per heavy atom. The molecule has 1 aromatic rings. The molecule has 0 aromatic heterocycles. The summed E-state index contributed by atoms with van der Waals surface area (Å²) in [6.07, 6.45) is 0. The molecule has 19 heavy (non-hydrogen) atoms. The monoisotopic (exact) mass is 258 g/mol. The summed E-state index contributed by atoms with van der Waals surface area (Å²) in [5.41, 5.74) is 1.21. The van der Waals surface area contributed by atoms with E-state index < -0.39 is 0 Å². The molecule has 1 aromatic carbocycles. The molecule has 0 aliphatic carbocycles. The highest BCUT2D eigenvalue weighted by Crippen LogP contribution is 2.39. The highest BCUT2D eigenvalue weighted by molar-refractivity contribution is 6.10. The van der Waals surface area contributed by atoms with E-state index in [1.807, 2.05) is 19.1 Å². The smallest absolute Gasteiger partial charge is 0.256 e. The number of fused-ring (bicyclic) bond motifs is 2. The van der Waals surface area contributed by atoms with Gasteiger partial charge in [0.15, 0.2) is 0 Å². The van der Waals surface area contributed by atoms with E-state index in [0.29, 0.717) is 17.2 Å². The van der Waals surface area contributed by atoms with Crippen LogP contribution in [0.3, 0.4) is 0 Å². The summed E-state index contributed by atoms with van der Waals surface area (Å²) >= 11 is 0. The van der Waals surface area contributed by atoms with Crippen LogP contribution in [0.2, 0.25) is 0 Å². The van der Waals surface area contributed by atoms with Crippen molar-refractivity contribution in [1.29, 1.82) is 0 Å². The number of hydrogen-bond donors (Lipinski definition) is 1. The van der Waals surface area contributed by atoms with E-state index in [9.17, 15) is 9.59 Å². The molecule has 100 valence electrons. The molecule has 2 heterocycles. The third-order valence-electron chi connectivity index (χ3n) is 4.75. The molecule has 1 fully saturated rings. The lowest BCUT2D eigenvalue weighted by atomic mass is 9.90. The molecule has 1 saturated heterocycles. The minimum Gasteiger partial charge on any atom is -0.324 e. The molecule has 0 radical (unpaired) electrons. The van der Waals surface area contributed by atoms with Gasteiger partial charge in [-0.1, -0.05) is 26.0 Å². The number of hydrogen-bond acceptors (Lipinski definition) is 2. The molecule has 0 bridgehead atoms. The first-order chi connectivity index (χ1) is 9.02. The summed E-state index contributed by atoms with van der Waals surface area (Å²) in [6, 6.07) is 6.95. The number of rotatable bonds is 0. The van der Waals surface area contributed by atoms with Gasteiger partial charge in [-0.25, -0.2) is 0 Å². The van der Waals surface area contributed by atoms with Crippen LogP contribution in [0.5, 0.6) is 0 Å². The van der Waals surface area contributed by atoms with E-state index in [1.165, 1.54) is 0 Å². The minimum absolute atomic E-state index is 0.0392. The first-order valence-electron chi connectivity index (χ1n) is 6.75. The lowest BCUT2D eigenvalue weighted by Gasteiger charge is -2.26. The average molecular weight is 258 g/mol. The Labute approximate surface area is 112 Å². The van der Waals surface area contributed by atoms with Crippen LogP contribution in [0, 0.1) is 11.8 Å². The molecule has 2 aliphatic rings. The second-order valence-corrected chi connectivity index (χ2v) is 5.65. The van der Waals surface area contributed by atoms with Gasteiger partial charge in [-0.05, 0) is 30.9 Å². The SMILES string of the molecule is CC1C(C)[C@H]2C(=O)Nc3ccccc3C(=O)N2C1C. The minimum atomic E-state index is -0.357. The number of amides is 2. The molecule has 1 N–H and O–H groups in total. The number of carbonyl (C=O) groups excluding carboxylic acids is 2. The van der Waals surface area contributed by atoms with Gasteiger partial charge in [0.25, 0.3) is 5.91 Å². The Balaban J connectivity index is 2.13. The molecule has 4 heteroatoms. The maximum Gasteiger partial charge on any atom is 0.256 e. The second-order valence-electron chi connectivity index (χ2n) is 5.65. The summed E-state index contributed by atoms with van der Waals surface area (Å²) < 4.78 is 0. The summed E-state index contributed by atoms with van der Waals surface area (Å²) in [5.74, 6) is 0.392. The van der Waals surface area contributed by atoms with E-state index in [-0.39, 0.29) is 29.8 Å². The molecule has 4 atom stereocenters. The molecule has 2 aliphatic heterocycles. The number of anilines is 1. The second kappa shape index (κ2) is 4.08. The van der Waals surface area contributed by atoms with Crippen LogP contribution in [0.15, 0.2) is 24.3 Å². The summed E-state index contributed by atoms with van der Waals surface area (Å²) in [7, 11) is 0. The predicted molar refractivity (Wildman–Crippen MR) is 72.8 cm³/mol. The van der Waals surface area contributed by atoms with Crippen LogP contribution >= 0.6 is 0 Å². The first-order valence-corrected chi connectivity index (χ1v) is 6.75. The predicted octanol–water partition coefficient (Wildman–Crippen LogP) is 2.12. The van der Waals surface area contributed by atoms with Gasteiger partial charge in [-0.15, -0.1) is 0 Å². The van der Waals surface area contributed by atoms with Gasteiger partial charge in [0.05, 0.1) is 11.3 Å². The van der Waals surface area contributed by atoms with Gasteiger partial charge in [0.1, 0.15) is 6.04 Å². The molecule has 3 unspecified atom stereocenters. The van der Waals surface area contributed by atoms with Gasteiger partial charge >= 0.3 is 0 Å². The number of nitrogens with one attached hydrogen (secondary N) is 1. The van der Waals surface area contributed by atoms with Crippen molar-refractivity contribution < 1.29 is 9.59 Å². The lowest BCUT2D eigenvalue weighted by molar-refractivity contribution is -0.120. The van der Waals surface area contributed by atoms with Gasteiger partial charge in [0.2, 0.25) is 5.91 Å². The zero-order valence-corrected chi connectivity index (χ0v) is 11.4. The third-order valence-corrected chi connectivity index (χ3v) is 4.75. The molecule has 3 rings (SSSR count). The van der Waals surface area contributed by atoms with Crippen molar-refractivity contribution in [2.75, 3.05) is 5.32 Å². The number of benzene rings is 1. The topological polar surface area (TPSA) is 49.4 Å². The van der Waals surface area contributed by atoms with E-state index in [0.717, 1.165) is 0 Å². The molecule has 0 saturated carbocycles. The van der Waals surface area contributed by atoms with Crippen LogP contribution in [-0.2, 0) is 4.79 Å². The van der Waals surface area contributed by atoms with E-state index in [2.05, 4.69) is 19.2 Å². The first kappa shape index (κ1) is 12.2. The largest absolute Gasteiger partial charge is 0.324 e. The fraction of sp³-hybridized carbons (Fsp3) is 0.467. The fourth-order valence-corrected chi connectivity index (χ4v) is 3.29. The van der Waals surface area contributed by atoms with Gasteiger partial charge < -0.3 is 10.2 Å². The maximum atomic E-state index is 12.7. The van der Waals surface area contributed by atoms with E-state index in [4.69, 9.17) is 0 Å². The molecular formula is C15H18N2O2. The van der Waals surface area contributed by atoms with Crippen molar-refractivity contribution in [3.63, 3.8) is 0 Å². The van der Waals surface area contributed by atoms with E-state index >= 15 is 0 Å². The van der Waals surface area contributed by atoms with Crippen LogP contribution in [0.4, 0.5) is 5.69 Å². The average Bonchev–Trinajstić information content (AvgIpc) is 2.56. The van der Waals surface area contributed by atoms with Crippen molar-refractivity contribution >= 4 is 17.5 Å². The number of para-hydroxylation sites is 1. The number of nitrogens with zero attached hydrogens (tertiary/aromatic N) is 1. The lowest BCUT2D eigenvalue weighted by Crippen LogP contribution is -2.45. The molecular weight excluding hydrogens is 240 g/mol. The van der Waals surface area contributed by atoms with Crippen LogP contribution < -0.4 is 5.32 Å².